The fraction of sp³-hybridized carbons (Fsp3) is 0.148. The maximum Gasteiger partial charge on any atom is 0.338 e. The minimum absolute atomic E-state index is 0.0718. The molecule has 0 bridgehead atoms. The van der Waals surface area contributed by atoms with E-state index in [4.69, 9.17) is 23.7 Å². The number of phenolic OH excluding ortho intramolecular Hbond substituents is 1. The number of carbonyl (C=O) groups excluding carboxylic acids is 3. The second-order valence-electron chi connectivity index (χ2n) is 8.26. The van der Waals surface area contributed by atoms with Crippen LogP contribution in [0.2, 0.25) is 0 Å². The molecule has 0 saturated heterocycles. The number of esters is 1. The summed E-state index contributed by atoms with van der Waals surface area (Å²) in [7, 11) is 0. The predicted octanol–water partition coefficient (Wildman–Crippen LogP) is 2.55. The Bertz CT molecular complexity index is 1450. The summed E-state index contributed by atoms with van der Waals surface area (Å²) in [5.41, 5.74) is 5.51. The normalized spacial score (nSPS) is 13.0. The van der Waals surface area contributed by atoms with Crippen LogP contribution in [0, 0.1) is 0 Å². The lowest BCUT2D eigenvalue weighted by Crippen LogP contribution is -2.18. The second-order valence-corrected chi connectivity index (χ2v) is 8.26. The molecule has 5 rings (SSSR count). The van der Waals surface area contributed by atoms with Gasteiger partial charge in [-0.05, 0) is 55.5 Å². The molecule has 0 spiro atoms. The Morgan fingerprint density at radius 2 is 1.25 bits per heavy atom. The summed E-state index contributed by atoms with van der Waals surface area (Å²) in [6.07, 6.45) is 2.32. The van der Waals surface area contributed by atoms with Crippen molar-refractivity contribution in [2.45, 2.75) is 6.92 Å². The number of ether oxygens (including phenoxy) is 5. The monoisotopic (exact) mass is 546 g/mol. The highest BCUT2D eigenvalue weighted by Crippen LogP contribution is 2.33. The van der Waals surface area contributed by atoms with Gasteiger partial charge in [0.2, 0.25) is 13.6 Å². The van der Waals surface area contributed by atoms with E-state index in [1.165, 1.54) is 24.3 Å². The van der Waals surface area contributed by atoms with Crippen LogP contribution in [0.4, 0.5) is 0 Å². The lowest BCUT2D eigenvalue weighted by molar-refractivity contribution is 0.0526. The van der Waals surface area contributed by atoms with E-state index in [0.717, 1.165) is 12.4 Å². The van der Waals surface area contributed by atoms with E-state index in [1.807, 2.05) is 0 Å². The number of rotatable bonds is 8. The van der Waals surface area contributed by atoms with Crippen molar-refractivity contribution < 1.29 is 43.2 Å². The van der Waals surface area contributed by atoms with Crippen LogP contribution in [0.25, 0.3) is 0 Å². The zero-order chi connectivity index (χ0) is 28.1. The number of aromatic hydroxyl groups is 1. The lowest BCUT2D eigenvalue weighted by Gasteiger charge is -2.08. The first-order valence-corrected chi connectivity index (χ1v) is 11.9. The van der Waals surface area contributed by atoms with Crippen molar-refractivity contribution >= 4 is 30.2 Å². The van der Waals surface area contributed by atoms with Gasteiger partial charge in [0.1, 0.15) is 5.75 Å². The highest BCUT2D eigenvalue weighted by atomic mass is 16.7. The third-order valence-electron chi connectivity index (χ3n) is 5.69. The third kappa shape index (κ3) is 5.62. The largest absolute Gasteiger partial charge is 0.507 e. The molecule has 13 nitrogen and oxygen atoms in total. The van der Waals surface area contributed by atoms with Crippen LogP contribution in [0.15, 0.2) is 58.7 Å². The Hall–Kier alpha value is -5.59. The summed E-state index contributed by atoms with van der Waals surface area (Å²) < 4.78 is 26.1. The average molecular weight is 546 g/mol. The second kappa shape index (κ2) is 11.4. The van der Waals surface area contributed by atoms with E-state index < -0.39 is 17.8 Å². The van der Waals surface area contributed by atoms with Crippen LogP contribution in [-0.2, 0) is 4.74 Å². The number of nitrogens with one attached hydrogen (secondary N) is 2. The highest BCUT2D eigenvalue weighted by Gasteiger charge is 2.18. The molecule has 0 saturated carbocycles. The molecule has 0 radical (unpaired) electrons. The number of hydrogen-bond donors (Lipinski definition) is 3. The fourth-order valence-corrected chi connectivity index (χ4v) is 3.73. The minimum atomic E-state index is -0.652. The SMILES string of the molecule is CCOC(=O)c1cc(/C=N/NC(=O)c2ccc3c(c2)OCO3)c(O)c(/C=N/NC(=O)c2ccc3c(c2)OCO3)c1. The Morgan fingerprint density at radius 3 is 1.73 bits per heavy atom. The number of phenols is 1. The molecular formula is C27H22N4O9. The number of amides is 2. The van der Waals surface area contributed by atoms with E-state index in [9.17, 15) is 19.5 Å². The summed E-state index contributed by atoms with van der Waals surface area (Å²) in [5, 5.41) is 18.6. The first kappa shape index (κ1) is 26.0. The predicted molar refractivity (Wildman–Crippen MR) is 139 cm³/mol. The topological polar surface area (TPSA) is 166 Å². The maximum atomic E-state index is 12.5. The molecule has 0 unspecified atom stereocenters. The van der Waals surface area contributed by atoms with Crippen molar-refractivity contribution in [2.75, 3.05) is 20.2 Å². The van der Waals surface area contributed by atoms with Gasteiger partial charge in [-0.3, -0.25) is 9.59 Å². The van der Waals surface area contributed by atoms with Crippen LogP contribution in [0.1, 0.15) is 49.1 Å². The van der Waals surface area contributed by atoms with Crippen LogP contribution in [0.5, 0.6) is 28.7 Å². The van der Waals surface area contributed by atoms with Crippen molar-refractivity contribution in [3.05, 3.63) is 76.3 Å². The van der Waals surface area contributed by atoms with Gasteiger partial charge in [-0.1, -0.05) is 0 Å². The fourth-order valence-electron chi connectivity index (χ4n) is 3.73. The van der Waals surface area contributed by atoms with E-state index >= 15 is 0 Å². The molecule has 0 aromatic heterocycles. The summed E-state index contributed by atoms with van der Waals surface area (Å²) in [6, 6.07) is 12.0. The molecule has 3 aromatic carbocycles. The van der Waals surface area contributed by atoms with Gasteiger partial charge < -0.3 is 28.8 Å². The number of fused-ring (bicyclic) bond motifs is 2. The van der Waals surface area contributed by atoms with E-state index in [2.05, 4.69) is 21.1 Å². The smallest absolute Gasteiger partial charge is 0.338 e. The Morgan fingerprint density at radius 1 is 0.775 bits per heavy atom. The maximum absolute atomic E-state index is 12.5. The third-order valence-corrected chi connectivity index (χ3v) is 5.69. The van der Waals surface area contributed by atoms with E-state index in [-0.39, 0.29) is 53.8 Å². The first-order valence-electron chi connectivity index (χ1n) is 11.9. The molecule has 2 aliphatic heterocycles. The van der Waals surface area contributed by atoms with Gasteiger partial charge in [0.25, 0.3) is 11.8 Å². The number of benzene rings is 3. The van der Waals surface area contributed by atoms with Gasteiger partial charge in [-0.2, -0.15) is 10.2 Å². The van der Waals surface area contributed by atoms with Crippen molar-refractivity contribution in [3.63, 3.8) is 0 Å². The minimum Gasteiger partial charge on any atom is -0.507 e. The van der Waals surface area contributed by atoms with Crippen LogP contribution >= 0.6 is 0 Å². The molecule has 2 amide bonds. The zero-order valence-electron chi connectivity index (χ0n) is 21.0. The van der Waals surface area contributed by atoms with Crippen molar-refractivity contribution in [1.29, 1.82) is 0 Å². The zero-order valence-corrected chi connectivity index (χ0v) is 21.0. The molecule has 40 heavy (non-hydrogen) atoms. The van der Waals surface area contributed by atoms with Gasteiger partial charge in [0, 0.05) is 22.3 Å². The molecule has 0 atom stereocenters. The van der Waals surface area contributed by atoms with Crippen LogP contribution in [0.3, 0.4) is 0 Å². The van der Waals surface area contributed by atoms with Crippen molar-refractivity contribution in [2.24, 2.45) is 10.2 Å². The molecule has 204 valence electrons. The molecule has 2 heterocycles. The van der Waals surface area contributed by atoms with Gasteiger partial charge >= 0.3 is 5.97 Å². The number of hydrazone groups is 2. The summed E-state index contributed by atoms with van der Waals surface area (Å²) in [5.74, 6) is -0.107. The van der Waals surface area contributed by atoms with Crippen molar-refractivity contribution in [1.82, 2.24) is 10.9 Å². The molecule has 3 N–H and O–H groups in total. The van der Waals surface area contributed by atoms with Gasteiger partial charge in [0.05, 0.1) is 24.6 Å². The number of nitrogens with zero attached hydrogens (tertiary/aromatic N) is 2. The Balaban J connectivity index is 1.32. The van der Waals surface area contributed by atoms with Crippen LogP contribution < -0.4 is 29.8 Å². The van der Waals surface area contributed by atoms with Crippen molar-refractivity contribution in [3.8, 4) is 28.7 Å². The highest BCUT2D eigenvalue weighted by molar-refractivity contribution is 6.00. The summed E-state index contributed by atoms with van der Waals surface area (Å²) in [6.45, 7) is 1.93. The Kier molecular flexibility index (Phi) is 7.44. The van der Waals surface area contributed by atoms with Gasteiger partial charge in [0.15, 0.2) is 23.0 Å². The lowest BCUT2D eigenvalue weighted by atomic mass is 10.0. The summed E-state index contributed by atoms with van der Waals surface area (Å²) in [4.78, 5) is 37.4. The quantitative estimate of drug-likeness (QED) is 0.219. The first-order chi connectivity index (χ1) is 19.4. The molecule has 0 aliphatic carbocycles. The molecule has 0 fully saturated rings. The van der Waals surface area contributed by atoms with Gasteiger partial charge in [-0.25, -0.2) is 15.6 Å². The number of carbonyl (C=O) groups is 3. The molecular weight excluding hydrogens is 524 g/mol. The molecule has 3 aromatic rings. The molecule has 13 heteroatoms. The van der Waals surface area contributed by atoms with Gasteiger partial charge in [-0.15, -0.1) is 0 Å². The Labute approximate surface area is 226 Å². The van der Waals surface area contributed by atoms with E-state index in [0.29, 0.717) is 23.0 Å². The summed E-state index contributed by atoms with van der Waals surface area (Å²) >= 11 is 0. The average Bonchev–Trinajstić information content (AvgIpc) is 3.63. The van der Waals surface area contributed by atoms with Crippen LogP contribution in [-0.4, -0.2) is 55.5 Å². The van der Waals surface area contributed by atoms with E-state index in [1.54, 1.807) is 31.2 Å². The standard InChI is InChI=1S/C27H22N4O9/c1-2-36-27(35)17-7-18(11-28-30-25(33)15-3-5-20-22(9-15)39-13-37-20)24(32)19(8-17)12-29-31-26(34)16-4-6-21-23(10-16)40-14-38-21/h3-12,32H,2,13-14H2,1H3,(H,30,33)(H,31,34)/b28-11+,29-12+. The molecule has 2 aliphatic rings. The number of hydrogen-bond acceptors (Lipinski definition) is 11.